The van der Waals surface area contributed by atoms with E-state index in [1.165, 1.54) is 25.7 Å². The molecule has 0 heterocycles. The Bertz CT molecular complexity index is 1520. The van der Waals surface area contributed by atoms with Crippen molar-refractivity contribution in [3.05, 3.63) is 158 Å². The van der Waals surface area contributed by atoms with Crippen LogP contribution in [-0.4, -0.2) is 37.2 Å². The van der Waals surface area contributed by atoms with E-state index in [2.05, 4.69) is 130 Å². The van der Waals surface area contributed by atoms with Crippen molar-refractivity contribution in [2.75, 3.05) is 13.2 Å². The third-order valence-corrected chi connectivity index (χ3v) is 9.36. The number of carbonyl (C=O) groups excluding carboxylic acids is 3. The van der Waals surface area contributed by atoms with Gasteiger partial charge in [-0.3, -0.25) is 14.4 Å². The molecule has 0 spiro atoms. The van der Waals surface area contributed by atoms with Gasteiger partial charge in [0.2, 0.25) is 0 Å². The lowest BCUT2D eigenvalue weighted by Crippen LogP contribution is -2.30. The van der Waals surface area contributed by atoms with Crippen LogP contribution in [0.5, 0.6) is 0 Å². The van der Waals surface area contributed by atoms with Gasteiger partial charge in [0.1, 0.15) is 13.2 Å². The predicted octanol–water partition coefficient (Wildman–Crippen LogP) is 16.2. The third kappa shape index (κ3) is 48.1. The first-order chi connectivity index (χ1) is 31.5. The number of rotatable bonds is 41. The predicted molar refractivity (Wildman–Crippen MR) is 274 cm³/mol. The van der Waals surface area contributed by atoms with Crippen molar-refractivity contribution in [2.24, 2.45) is 0 Å². The molecule has 6 nitrogen and oxygen atoms in total. The van der Waals surface area contributed by atoms with Crippen LogP contribution in [0.3, 0.4) is 0 Å². The van der Waals surface area contributed by atoms with Crippen LogP contribution in [0.15, 0.2) is 158 Å². The quantitative estimate of drug-likeness (QED) is 0.0200. The molecule has 0 aromatic heterocycles. The van der Waals surface area contributed by atoms with Crippen LogP contribution in [-0.2, 0) is 28.6 Å². The van der Waals surface area contributed by atoms with Gasteiger partial charge in [-0.1, -0.05) is 198 Å². The van der Waals surface area contributed by atoms with Gasteiger partial charge in [0.15, 0.2) is 6.10 Å². The van der Waals surface area contributed by atoms with Crippen LogP contribution in [0.1, 0.15) is 168 Å². The lowest BCUT2D eigenvalue weighted by atomic mass is 10.1. The molecule has 0 saturated carbocycles. The minimum atomic E-state index is -0.863. The zero-order valence-electron chi connectivity index (χ0n) is 40.2. The second kappa shape index (κ2) is 50.7. The van der Waals surface area contributed by atoms with Crippen LogP contribution in [0.2, 0.25) is 0 Å². The molecular formula is C58H86O6. The molecule has 0 rings (SSSR count). The molecule has 0 aliphatic carbocycles. The molecule has 1 unspecified atom stereocenters. The summed E-state index contributed by atoms with van der Waals surface area (Å²) in [7, 11) is 0. The summed E-state index contributed by atoms with van der Waals surface area (Å²) >= 11 is 0. The van der Waals surface area contributed by atoms with Gasteiger partial charge in [-0.05, 0) is 109 Å². The highest BCUT2D eigenvalue weighted by Crippen LogP contribution is 2.09. The van der Waals surface area contributed by atoms with Gasteiger partial charge in [-0.25, -0.2) is 0 Å². The Morgan fingerprint density at radius 1 is 0.344 bits per heavy atom. The van der Waals surface area contributed by atoms with E-state index in [-0.39, 0.29) is 44.4 Å². The number of esters is 3. The average Bonchev–Trinajstić information content (AvgIpc) is 3.29. The summed E-state index contributed by atoms with van der Waals surface area (Å²) in [5.74, 6) is -1.15. The Kier molecular flexibility index (Phi) is 46.7. The van der Waals surface area contributed by atoms with Crippen LogP contribution < -0.4 is 0 Å². The van der Waals surface area contributed by atoms with Crippen molar-refractivity contribution in [3.63, 3.8) is 0 Å². The summed E-state index contributed by atoms with van der Waals surface area (Å²) in [5.41, 5.74) is 0. The molecule has 0 aromatic carbocycles. The monoisotopic (exact) mass is 879 g/mol. The number of hydrogen-bond donors (Lipinski definition) is 0. The molecule has 0 N–H and O–H groups in total. The normalized spacial score (nSPS) is 13.5. The molecule has 0 aliphatic heterocycles. The molecule has 64 heavy (non-hydrogen) atoms. The van der Waals surface area contributed by atoms with E-state index in [0.717, 1.165) is 83.5 Å². The first kappa shape index (κ1) is 59.0. The summed E-state index contributed by atoms with van der Waals surface area (Å²) in [6.07, 6.45) is 73.9. The van der Waals surface area contributed by atoms with Crippen molar-refractivity contribution in [1.82, 2.24) is 0 Å². The van der Waals surface area contributed by atoms with Gasteiger partial charge >= 0.3 is 17.9 Å². The Labute approximate surface area is 390 Å². The fourth-order valence-corrected chi connectivity index (χ4v) is 5.73. The van der Waals surface area contributed by atoms with Crippen molar-refractivity contribution < 1.29 is 28.6 Å². The maximum atomic E-state index is 12.7. The second-order valence-corrected chi connectivity index (χ2v) is 15.3. The molecule has 0 aliphatic rings. The number of ether oxygens (including phenoxy) is 3. The van der Waals surface area contributed by atoms with E-state index in [1.807, 2.05) is 48.6 Å². The lowest BCUT2D eigenvalue weighted by molar-refractivity contribution is -0.166. The van der Waals surface area contributed by atoms with E-state index in [9.17, 15) is 14.4 Å². The van der Waals surface area contributed by atoms with Crippen molar-refractivity contribution >= 4 is 17.9 Å². The Hall–Kier alpha value is -4.97. The Morgan fingerprint density at radius 3 is 1.23 bits per heavy atom. The van der Waals surface area contributed by atoms with Crippen LogP contribution >= 0.6 is 0 Å². The number of carbonyl (C=O) groups is 3. The zero-order valence-corrected chi connectivity index (χ0v) is 40.2. The molecule has 0 amide bonds. The smallest absolute Gasteiger partial charge is 0.306 e. The molecular weight excluding hydrogens is 793 g/mol. The topological polar surface area (TPSA) is 78.9 Å². The van der Waals surface area contributed by atoms with Crippen molar-refractivity contribution in [3.8, 4) is 0 Å². The standard InChI is InChI=1S/C58H86O6/c1-4-7-10-13-16-19-22-25-27-29-31-33-36-39-42-45-48-51-57(60)63-54-55(53-62-56(59)50-47-44-41-38-35-32-24-21-18-15-12-9-6-3)64-58(61)52-49-46-43-40-37-34-30-28-26-23-20-17-14-11-8-5-2/h8-9,11-12,15-21,24-28,31-35,37,39,42-43,46,55H,4-7,10,13-14,22-23,29-30,36,38,40-41,44-45,47-54H2,1-3H3/b11-8+,12-9+,18-15+,19-16+,20-17+,24-21+,27-25+,28-26+,33-31+,35-32+,37-34+,42-39+,46-43+. The molecule has 0 saturated heterocycles. The number of unbranched alkanes of at least 4 members (excludes halogenated alkanes) is 7. The van der Waals surface area contributed by atoms with Crippen molar-refractivity contribution in [2.45, 2.75) is 175 Å². The number of hydrogen-bond acceptors (Lipinski definition) is 6. The highest BCUT2D eigenvalue weighted by Gasteiger charge is 2.19. The van der Waals surface area contributed by atoms with Gasteiger partial charge < -0.3 is 14.2 Å². The third-order valence-electron chi connectivity index (χ3n) is 9.36. The average molecular weight is 879 g/mol. The maximum absolute atomic E-state index is 12.7. The highest BCUT2D eigenvalue weighted by atomic mass is 16.6. The maximum Gasteiger partial charge on any atom is 0.306 e. The molecule has 0 bridgehead atoms. The largest absolute Gasteiger partial charge is 0.462 e. The summed E-state index contributed by atoms with van der Waals surface area (Å²) in [6.45, 7) is 6.17. The lowest BCUT2D eigenvalue weighted by Gasteiger charge is -2.18. The Balaban J connectivity index is 4.69. The SMILES string of the molecule is CC/C=C/C=C/C=C/C=C/CCCCCC(=O)OCC(COC(=O)CCC/C=C/C/C=C/C/C=C/C/C=C/CCCCC)OC(=O)CC/C=C/C/C=C/C/C=C/C/C=C/C/C=C/CC. The highest BCUT2D eigenvalue weighted by molar-refractivity contribution is 5.71. The Morgan fingerprint density at radius 2 is 0.734 bits per heavy atom. The van der Waals surface area contributed by atoms with Crippen LogP contribution in [0.25, 0.3) is 0 Å². The zero-order chi connectivity index (χ0) is 46.5. The van der Waals surface area contributed by atoms with E-state index in [0.29, 0.717) is 19.3 Å². The minimum Gasteiger partial charge on any atom is -0.462 e. The first-order valence-corrected chi connectivity index (χ1v) is 24.5. The minimum absolute atomic E-state index is 0.153. The van der Waals surface area contributed by atoms with Gasteiger partial charge in [-0.15, -0.1) is 0 Å². The molecule has 1 atom stereocenters. The van der Waals surface area contributed by atoms with Crippen molar-refractivity contribution in [1.29, 1.82) is 0 Å². The fraction of sp³-hybridized carbons (Fsp3) is 0.500. The van der Waals surface area contributed by atoms with Crippen LogP contribution in [0.4, 0.5) is 0 Å². The van der Waals surface area contributed by atoms with Crippen LogP contribution in [0, 0.1) is 0 Å². The van der Waals surface area contributed by atoms with E-state index in [1.54, 1.807) is 0 Å². The summed E-state index contributed by atoms with van der Waals surface area (Å²) in [4.78, 5) is 37.9. The fourth-order valence-electron chi connectivity index (χ4n) is 5.73. The van der Waals surface area contributed by atoms with Gasteiger partial charge in [-0.2, -0.15) is 0 Å². The molecule has 0 aromatic rings. The first-order valence-electron chi connectivity index (χ1n) is 24.5. The molecule has 6 heteroatoms. The summed E-state index contributed by atoms with van der Waals surface area (Å²) < 4.78 is 16.6. The van der Waals surface area contributed by atoms with Gasteiger partial charge in [0.25, 0.3) is 0 Å². The summed E-state index contributed by atoms with van der Waals surface area (Å²) in [5, 5.41) is 0. The number of allylic oxidation sites excluding steroid dienone is 26. The van der Waals surface area contributed by atoms with E-state index < -0.39 is 12.1 Å². The molecule has 354 valence electrons. The van der Waals surface area contributed by atoms with E-state index >= 15 is 0 Å². The van der Waals surface area contributed by atoms with Gasteiger partial charge in [0.05, 0.1) is 0 Å². The summed E-state index contributed by atoms with van der Waals surface area (Å²) in [6, 6.07) is 0. The molecule has 0 fully saturated rings. The van der Waals surface area contributed by atoms with E-state index in [4.69, 9.17) is 14.2 Å². The molecule has 0 radical (unpaired) electrons. The van der Waals surface area contributed by atoms with Gasteiger partial charge in [0, 0.05) is 19.3 Å². The second-order valence-electron chi connectivity index (χ2n) is 15.3.